The molecule has 0 radical (unpaired) electrons. The van der Waals surface area contributed by atoms with Crippen molar-refractivity contribution in [2.45, 2.75) is 70.4 Å². The van der Waals surface area contributed by atoms with Gasteiger partial charge < -0.3 is 29.8 Å². The molecule has 0 unspecified atom stereocenters. The molecular weight excluding hydrogens is 513 g/mol. The van der Waals surface area contributed by atoms with E-state index in [4.69, 9.17) is 19.9 Å². The Kier molecular flexibility index (Phi) is 6.59. The molecule has 4 rings (SSSR count). The van der Waals surface area contributed by atoms with Crippen LogP contribution in [0.15, 0.2) is 12.5 Å². The Morgan fingerprint density at radius 3 is 2.55 bits per heavy atom. The molecule has 1 amide bonds. The van der Waals surface area contributed by atoms with Gasteiger partial charge in [-0.25, -0.2) is 14.8 Å². The number of fused-ring (bicyclic) bond motifs is 1. The molecule has 170 valence electrons. The van der Waals surface area contributed by atoms with Crippen LogP contribution in [0.1, 0.15) is 52.5 Å². The van der Waals surface area contributed by atoms with Crippen molar-refractivity contribution in [2.24, 2.45) is 5.92 Å². The molecule has 2 aliphatic rings. The number of anilines is 1. The first-order valence-corrected chi connectivity index (χ1v) is 11.8. The van der Waals surface area contributed by atoms with E-state index >= 15 is 0 Å². The number of rotatable bonds is 3. The van der Waals surface area contributed by atoms with E-state index in [9.17, 15) is 4.79 Å². The van der Waals surface area contributed by atoms with E-state index in [2.05, 4.69) is 48.6 Å². The Labute approximate surface area is 195 Å². The van der Waals surface area contributed by atoms with E-state index in [1.165, 1.54) is 6.33 Å². The molecule has 10 heteroatoms. The highest BCUT2D eigenvalue weighted by molar-refractivity contribution is 14.1. The number of carbonyl (C=O) groups excluding carboxylic acids is 1. The first-order valence-electron chi connectivity index (χ1n) is 10.7. The average molecular weight is 543 g/mol. The van der Waals surface area contributed by atoms with Crippen molar-refractivity contribution in [3.05, 3.63) is 16.1 Å². The summed E-state index contributed by atoms with van der Waals surface area (Å²) in [5.41, 5.74) is 6.43. The topological polar surface area (TPSA) is 114 Å². The van der Waals surface area contributed by atoms with Gasteiger partial charge in [0.05, 0.1) is 24.6 Å². The maximum absolute atomic E-state index is 11.9. The van der Waals surface area contributed by atoms with Gasteiger partial charge in [-0.15, -0.1) is 0 Å². The number of aromatic nitrogens is 3. The Morgan fingerprint density at radius 1 is 1.23 bits per heavy atom. The smallest absolute Gasteiger partial charge is 0.408 e. The molecule has 2 fully saturated rings. The fraction of sp³-hybridized carbons (Fsp3) is 0.667. The molecule has 31 heavy (non-hydrogen) atoms. The average Bonchev–Trinajstić information content (AvgIpc) is 3.05. The molecule has 0 spiro atoms. The predicted molar refractivity (Wildman–Crippen MR) is 125 cm³/mol. The zero-order chi connectivity index (χ0) is 22.2. The molecule has 3 heterocycles. The standard InChI is InChI=1S/C21H30IN5O4/c1-21(2,3)31-20(28)26-13-9-29-19(30-10-13)12-4-6-14(7-5-12)27-8-15(22)16-17(23)24-11-25-18(16)27/h8,11-14,19H,4-7,9-10H2,1-3H3,(H,26,28)(H2,23,24,25)/t12-,13?,14-,19?. The number of amides is 1. The predicted octanol–water partition coefficient (Wildman–Crippen LogP) is 3.62. The minimum Gasteiger partial charge on any atom is -0.444 e. The monoisotopic (exact) mass is 543 g/mol. The summed E-state index contributed by atoms with van der Waals surface area (Å²) in [6.07, 6.45) is 7.06. The number of halogens is 1. The highest BCUT2D eigenvalue weighted by Crippen LogP contribution is 2.38. The Bertz CT molecular complexity index is 928. The van der Waals surface area contributed by atoms with Crippen LogP contribution in [0.25, 0.3) is 11.0 Å². The van der Waals surface area contributed by atoms with Crippen LogP contribution >= 0.6 is 22.6 Å². The second-order valence-corrected chi connectivity index (χ2v) is 10.5. The molecule has 3 N–H and O–H groups in total. The number of nitrogens with zero attached hydrogens (tertiary/aromatic N) is 3. The van der Waals surface area contributed by atoms with Gasteiger partial charge in [0.1, 0.15) is 23.4 Å². The molecule has 1 saturated heterocycles. The zero-order valence-electron chi connectivity index (χ0n) is 18.1. The van der Waals surface area contributed by atoms with E-state index in [0.717, 1.165) is 40.3 Å². The number of ether oxygens (including phenoxy) is 3. The fourth-order valence-electron chi connectivity index (χ4n) is 4.34. The number of alkyl carbamates (subject to hydrolysis) is 1. The highest BCUT2D eigenvalue weighted by Gasteiger charge is 2.34. The normalized spacial score (nSPS) is 27.2. The summed E-state index contributed by atoms with van der Waals surface area (Å²) >= 11 is 2.30. The number of nitrogens with one attached hydrogen (secondary N) is 1. The second-order valence-electron chi connectivity index (χ2n) is 9.29. The van der Waals surface area contributed by atoms with Crippen molar-refractivity contribution in [3.63, 3.8) is 0 Å². The lowest BCUT2D eigenvalue weighted by molar-refractivity contribution is -0.219. The fourth-order valence-corrected chi connectivity index (χ4v) is 5.16. The molecular formula is C21H30IN5O4. The Hall–Kier alpha value is -1.66. The van der Waals surface area contributed by atoms with Gasteiger partial charge in [0.15, 0.2) is 6.29 Å². The number of hydrogen-bond acceptors (Lipinski definition) is 7. The van der Waals surface area contributed by atoms with Crippen LogP contribution in [-0.2, 0) is 14.2 Å². The minimum atomic E-state index is -0.525. The van der Waals surface area contributed by atoms with Gasteiger partial charge in [0.25, 0.3) is 0 Å². The van der Waals surface area contributed by atoms with Gasteiger partial charge in [-0.3, -0.25) is 0 Å². The summed E-state index contributed by atoms with van der Waals surface area (Å²) < 4.78 is 20.5. The van der Waals surface area contributed by atoms with Crippen molar-refractivity contribution in [3.8, 4) is 0 Å². The van der Waals surface area contributed by atoms with Gasteiger partial charge in [-0.1, -0.05) is 0 Å². The second kappa shape index (κ2) is 9.07. The summed E-state index contributed by atoms with van der Waals surface area (Å²) in [7, 11) is 0. The van der Waals surface area contributed by atoms with Gasteiger partial charge in [0, 0.05) is 21.7 Å². The Morgan fingerprint density at radius 2 is 1.90 bits per heavy atom. The number of hydrogen-bond donors (Lipinski definition) is 2. The van der Waals surface area contributed by atoms with Gasteiger partial charge in [0.2, 0.25) is 0 Å². The van der Waals surface area contributed by atoms with Crippen molar-refractivity contribution >= 4 is 45.5 Å². The van der Waals surface area contributed by atoms with Crippen molar-refractivity contribution in [1.82, 2.24) is 19.9 Å². The maximum Gasteiger partial charge on any atom is 0.408 e. The summed E-state index contributed by atoms with van der Waals surface area (Å²) in [6.45, 7) is 6.38. The largest absolute Gasteiger partial charge is 0.444 e. The zero-order valence-corrected chi connectivity index (χ0v) is 20.3. The lowest BCUT2D eigenvalue weighted by Crippen LogP contribution is -2.50. The maximum atomic E-state index is 11.9. The van der Waals surface area contributed by atoms with Crippen LogP contribution in [0.3, 0.4) is 0 Å². The minimum absolute atomic E-state index is 0.194. The van der Waals surface area contributed by atoms with E-state index in [1.807, 2.05) is 20.8 Å². The first-order chi connectivity index (χ1) is 14.7. The first kappa shape index (κ1) is 22.5. The molecule has 0 bridgehead atoms. The van der Waals surface area contributed by atoms with Crippen molar-refractivity contribution < 1.29 is 19.0 Å². The quantitative estimate of drug-likeness (QED) is 0.569. The summed E-state index contributed by atoms with van der Waals surface area (Å²) in [4.78, 5) is 20.5. The molecule has 0 atom stereocenters. The third-order valence-electron chi connectivity index (χ3n) is 5.76. The van der Waals surface area contributed by atoms with E-state index in [-0.39, 0.29) is 12.3 Å². The van der Waals surface area contributed by atoms with Gasteiger partial charge in [-0.2, -0.15) is 0 Å². The molecule has 2 aromatic rings. The molecule has 2 aromatic heterocycles. The van der Waals surface area contributed by atoms with Crippen molar-refractivity contribution in [2.75, 3.05) is 18.9 Å². The van der Waals surface area contributed by atoms with E-state index < -0.39 is 11.7 Å². The van der Waals surface area contributed by atoms with Crippen LogP contribution in [0.5, 0.6) is 0 Å². The number of nitrogens with two attached hydrogens (primary N) is 1. The third-order valence-corrected chi connectivity index (χ3v) is 6.57. The number of carbonyl (C=O) groups is 1. The van der Waals surface area contributed by atoms with E-state index in [0.29, 0.717) is 31.0 Å². The lowest BCUT2D eigenvalue weighted by Gasteiger charge is -2.38. The van der Waals surface area contributed by atoms with Gasteiger partial charge in [-0.05, 0) is 69.0 Å². The summed E-state index contributed by atoms with van der Waals surface area (Å²) in [5, 5.41) is 3.75. The van der Waals surface area contributed by atoms with Crippen LogP contribution in [-0.4, -0.2) is 51.8 Å². The van der Waals surface area contributed by atoms with Gasteiger partial charge >= 0.3 is 6.09 Å². The highest BCUT2D eigenvalue weighted by atomic mass is 127. The lowest BCUT2D eigenvalue weighted by atomic mass is 9.85. The molecule has 0 aromatic carbocycles. The number of nitrogen functional groups attached to an aromatic ring is 1. The van der Waals surface area contributed by atoms with Crippen LogP contribution in [0, 0.1) is 9.49 Å². The van der Waals surface area contributed by atoms with Crippen LogP contribution < -0.4 is 11.1 Å². The van der Waals surface area contributed by atoms with E-state index in [1.54, 1.807) is 0 Å². The van der Waals surface area contributed by atoms with Crippen LogP contribution in [0.4, 0.5) is 10.6 Å². The van der Waals surface area contributed by atoms with Crippen molar-refractivity contribution in [1.29, 1.82) is 0 Å². The molecule has 1 saturated carbocycles. The molecule has 1 aliphatic carbocycles. The van der Waals surface area contributed by atoms with Crippen LogP contribution in [0.2, 0.25) is 0 Å². The summed E-state index contributed by atoms with van der Waals surface area (Å²) in [5.74, 6) is 0.875. The molecule has 1 aliphatic heterocycles. The third kappa shape index (κ3) is 5.23. The Balaban J connectivity index is 1.29. The summed E-state index contributed by atoms with van der Waals surface area (Å²) in [6, 6.07) is 0.183. The molecule has 9 nitrogen and oxygen atoms in total. The SMILES string of the molecule is CC(C)(C)OC(=O)NC1COC([C@H]2CC[C@H](n3cc(I)c4c(N)ncnc43)CC2)OC1.